The molecule has 1 aromatic rings. The lowest BCUT2D eigenvalue weighted by Gasteiger charge is -2.28. The molecule has 6 nitrogen and oxygen atoms in total. The molecule has 27 heavy (non-hydrogen) atoms. The molecular formula is C20H35IN4O2. The molecule has 1 aliphatic rings. The van der Waals surface area contributed by atoms with Gasteiger partial charge in [-0.1, -0.05) is 18.2 Å². The number of ether oxygens (including phenoxy) is 1. The highest BCUT2D eigenvalue weighted by Gasteiger charge is 2.34. The molecule has 3 N–H and O–H groups in total. The van der Waals surface area contributed by atoms with Gasteiger partial charge in [-0.25, -0.2) is 0 Å². The molecule has 7 heteroatoms. The van der Waals surface area contributed by atoms with Crippen LogP contribution in [-0.2, 0) is 4.74 Å². The van der Waals surface area contributed by atoms with E-state index in [1.165, 1.54) is 11.3 Å². The van der Waals surface area contributed by atoms with Gasteiger partial charge in [0.05, 0.1) is 6.61 Å². The van der Waals surface area contributed by atoms with Crippen LogP contribution in [0.5, 0.6) is 0 Å². The molecule has 1 unspecified atom stereocenters. The smallest absolute Gasteiger partial charge is 0.191 e. The predicted molar refractivity (Wildman–Crippen MR) is 123 cm³/mol. The molecule has 0 spiro atoms. The second kappa shape index (κ2) is 12.4. The summed E-state index contributed by atoms with van der Waals surface area (Å²) in [5.41, 5.74) is 2.59. The first-order valence-electron chi connectivity index (χ1n) is 9.58. The van der Waals surface area contributed by atoms with Crippen LogP contribution in [0, 0.1) is 12.3 Å². The molecule has 0 aliphatic carbocycles. The van der Waals surface area contributed by atoms with Crippen molar-refractivity contribution in [2.75, 3.05) is 57.9 Å². The third-order valence-electron chi connectivity index (χ3n) is 5.19. The number of nitrogens with zero attached hydrogens (tertiary/aromatic N) is 2. The average molecular weight is 490 g/mol. The monoisotopic (exact) mass is 490 g/mol. The molecule has 0 amide bonds. The van der Waals surface area contributed by atoms with Crippen LogP contribution >= 0.6 is 24.0 Å². The fourth-order valence-corrected chi connectivity index (χ4v) is 3.48. The minimum absolute atomic E-state index is 0. The minimum Gasteiger partial charge on any atom is -0.396 e. The number of guanidine groups is 1. The number of hydrogen-bond donors (Lipinski definition) is 3. The number of benzene rings is 1. The summed E-state index contributed by atoms with van der Waals surface area (Å²) in [5.74, 6) is 0.801. The van der Waals surface area contributed by atoms with Crippen molar-refractivity contribution >= 4 is 35.6 Å². The molecule has 0 saturated carbocycles. The molecule has 1 heterocycles. The predicted octanol–water partition coefficient (Wildman–Crippen LogP) is 2.39. The number of aliphatic hydroxyl groups excluding tert-OH is 1. The van der Waals surface area contributed by atoms with Gasteiger partial charge in [0.2, 0.25) is 0 Å². The van der Waals surface area contributed by atoms with Crippen LogP contribution in [0.2, 0.25) is 0 Å². The van der Waals surface area contributed by atoms with Crippen molar-refractivity contribution in [3.05, 3.63) is 29.8 Å². The topological polar surface area (TPSA) is 69.1 Å². The number of halogens is 1. The van der Waals surface area contributed by atoms with E-state index in [1.807, 2.05) is 0 Å². The van der Waals surface area contributed by atoms with E-state index in [0.29, 0.717) is 6.61 Å². The quantitative estimate of drug-likeness (QED) is 0.282. The Balaban J connectivity index is 0.00000364. The fraction of sp³-hybridized carbons (Fsp3) is 0.650. The Hall–Kier alpha value is -1.06. The maximum atomic E-state index is 9.34. The Labute approximate surface area is 180 Å². The molecule has 0 aromatic heterocycles. The molecule has 1 aliphatic heterocycles. The van der Waals surface area contributed by atoms with Gasteiger partial charge in [0.25, 0.3) is 0 Å². The normalized spacial score (nSPS) is 19.5. The summed E-state index contributed by atoms with van der Waals surface area (Å²) in [6, 6.07) is 8.48. The van der Waals surface area contributed by atoms with Gasteiger partial charge in [-0.3, -0.25) is 4.99 Å². The SMILES string of the molecule is CCN(CCNC(=NC)NCC1(CCO)CCOC1)c1ccccc1C.I. The molecular weight excluding hydrogens is 455 g/mol. The Kier molecular flexibility index (Phi) is 11.0. The number of anilines is 1. The summed E-state index contributed by atoms with van der Waals surface area (Å²) in [6.45, 7) is 9.45. The van der Waals surface area contributed by atoms with Crippen molar-refractivity contribution in [2.24, 2.45) is 10.4 Å². The lowest BCUT2D eigenvalue weighted by atomic mass is 9.84. The summed E-state index contributed by atoms with van der Waals surface area (Å²) >= 11 is 0. The van der Waals surface area contributed by atoms with Crippen molar-refractivity contribution in [1.82, 2.24) is 10.6 Å². The molecule has 0 bridgehead atoms. The molecule has 1 atom stereocenters. The van der Waals surface area contributed by atoms with Crippen molar-refractivity contribution in [3.63, 3.8) is 0 Å². The van der Waals surface area contributed by atoms with Gasteiger partial charge < -0.3 is 25.4 Å². The van der Waals surface area contributed by atoms with E-state index in [1.54, 1.807) is 7.05 Å². The molecule has 1 aromatic carbocycles. The van der Waals surface area contributed by atoms with Gasteiger partial charge in [-0.2, -0.15) is 0 Å². The highest BCUT2D eigenvalue weighted by atomic mass is 127. The zero-order chi connectivity index (χ0) is 18.8. The van der Waals surface area contributed by atoms with Gasteiger partial charge >= 0.3 is 0 Å². The van der Waals surface area contributed by atoms with Crippen LogP contribution in [-0.4, -0.2) is 64.1 Å². The maximum absolute atomic E-state index is 9.34. The van der Waals surface area contributed by atoms with E-state index in [-0.39, 0.29) is 36.0 Å². The number of likely N-dealkylation sites (N-methyl/N-ethyl adjacent to an activating group) is 1. The Bertz CT molecular complexity index is 577. The largest absolute Gasteiger partial charge is 0.396 e. The van der Waals surface area contributed by atoms with Crippen molar-refractivity contribution in [1.29, 1.82) is 0 Å². The minimum atomic E-state index is 0. The van der Waals surface area contributed by atoms with Crippen LogP contribution in [0.4, 0.5) is 5.69 Å². The van der Waals surface area contributed by atoms with Gasteiger partial charge in [0.1, 0.15) is 0 Å². The lowest BCUT2D eigenvalue weighted by Crippen LogP contribution is -2.46. The lowest BCUT2D eigenvalue weighted by molar-refractivity contribution is 0.127. The van der Waals surface area contributed by atoms with Gasteiger partial charge in [-0.05, 0) is 38.3 Å². The van der Waals surface area contributed by atoms with Crippen molar-refractivity contribution in [2.45, 2.75) is 26.7 Å². The number of rotatable bonds is 9. The van der Waals surface area contributed by atoms with E-state index in [4.69, 9.17) is 4.74 Å². The fourth-order valence-electron chi connectivity index (χ4n) is 3.48. The number of aryl methyl sites for hydroxylation is 1. The summed E-state index contributed by atoms with van der Waals surface area (Å²) in [4.78, 5) is 6.69. The Morgan fingerprint density at radius 2 is 2.11 bits per heavy atom. The van der Waals surface area contributed by atoms with Crippen LogP contribution < -0.4 is 15.5 Å². The van der Waals surface area contributed by atoms with Crippen LogP contribution in [0.3, 0.4) is 0 Å². The first-order chi connectivity index (χ1) is 12.6. The zero-order valence-electron chi connectivity index (χ0n) is 16.8. The van der Waals surface area contributed by atoms with E-state index in [2.05, 4.69) is 58.6 Å². The Morgan fingerprint density at radius 3 is 2.70 bits per heavy atom. The third kappa shape index (κ3) is 7.12. The second-order valence-electron chi connectivity index (χ2n) is 6.99. The molecule has 1 fully saturated rings. The summed E-state index contributed by atoms with van der Waals surface area (Å²) in [7, 11) is 1.79. The van der Waals surface area contributed by atoms with Crippen molar-refractivity contribution < 1.29 is 9.84 Å². The highest BCUT2D eigenvalue weighted by molar-refractivity contribution is 14.0. The molecule has 154 valence electrons. The number of nitrogens with one attached hydrogen (secondary N) is 2. The van der Waals surface area contributed by atoms with Crippen LogP contribution in [0.15, 0.2) is 29.3 Å². The molecule has 1 saturated heterocycles. The van der Waals surface area contributed by atoms with E-state index < -0.39 is 0 Å². The number of aliphatic hydroxyl groups is 1. The van der Waals surface area contributed by atoms with E-state index >= 15 is 0 Å². The zero-order valence-corrected chi connectivity index (χ0v) is 19.2. The summed E-state index contributed by atoms with van der Waals surface area (Å²) < 4.78 is 5.55. The van der Waals surface area contributed by atoms with Gasteiger partial charge in [0, 0.05) is 57.5 Å². The van der Waals surface area contributed by atoms with Gasteiger partial charge in [0.15, 0.2) is 5.96 Å². The average Bonchev–Trinajstić information content (AvgIpc) is 3.11. The maximum Gasteiger partial charge on any atom is 0.191 e. The third-order valence-corrected chi connectivity index (χ3v) is 5.19. The standard InChI is InChI=1S/C20H34N4O2.HI/c1-4-24(18-8-6-5-7-17(18)2)12-11-22-19(21-3)23-15-20(9-13-25)10-14-26-16-20;/h5-8,25H,4,9-16H2,1-3H3,(H2,21,22,23);1H. The Morgan fingerprint density at radius 1 is 1.33 bits per heavy atom. The highest BCUT2D eigenvalue weighted by Crippen LogP contribution is 2.31. The van der Waals surface area contributed by atoms with Crippen LogP contribution in [0.1, 0.15) is 25.3 Å². The molecule has 0 radical (unpaired) electrons. The number of para-hydroxylation sites is 1. The number of hydrogen-bond acceptors (Lipinski definition) is 4. The first-order valence-corrected chi connectivity index (χ1v) is 9.58. The van der Waals surface area contributed by atoms with E-state index in [0.717, 1.165) is 51.6 Å². The van der Waals surface area contributed by atoms with Crippen LogP contribution in [0.25, 0.3) is 0 Å². The van der Waals surface area contributed by atoms with Gasteiger partial charge in [-0.15, -0.1) is 24.0 Å². The summed E-state index contributed by atoms with van der Waals surface area (Å²) in [6.07, 6.45) is 1.74. The first kappa shape index (κ1) is 24.0. The van der Waals surface area contributed by atoms with Crippen molar-refractivity contribution in [3.8, 4) is 0 Å². The van der Waals surface area contributed by atoms with E-state index in [9.17, 15) is 5.11 Å². The second-order valence-corrected chi connectivity index (χ2v) is 6.99. The number of aliphatic imine (C=N–C) groups is 1. The summed E-state index contributed by atoms with van der Waals surface area (Å²) in [5, 5.41) is 16.1. The molecule has 2 rings (SSSR count).